The van der Waals surface area contributed by atoms with Crippen molar-refractivity contribution in [2.75, 3.05) is 5.32 Å². The minimum Gasteiger partial charge on any atom is -0.381 e. The van der Waals surface area contributed by atoms with Crippen LogP contribution in [-0.2, 0) is 0 Å². The lowest BCUT2D eigenvalue weighted by Crippen LogP contribution is -2.18. The molecule has 0 bridgehead atoms. The van der Waals surface area contributed by atoms with E-state index in [9.17, 15) is 0 Å². The Kier molecular flexibility index (Phi) is 4.28. The summed E-state index contributed by atoms with van der Waals surface area (Å²) in [5, 5.41) is 3.66. The summed E-state index contributed by atoms with van der Waals surface area (Å²) >= 11 is 3.59. The Hall–Kier alpha value is -0.500. The fraction of sp³-hybridized carbons (Fsp3) is 0.571. The number of benzene rings is 1. The van der Waals surface area contributed by atoms with E-state index >= 15 is 0 Å². The molecule has 1 nitrogen and oxygen atoms in total. The van der Waals surface area contributed by atoms with Crippen LogP contribution >= 0.6 is 15.9 Å². The maximum Gasteiger partial charge on any atom is 0.0486 e. The molecule has 1 fully saturated rings. The van der Waals surface area contributed by atoms with E-state index in [-0.39, 0.29) is 0 Å². The molecule has 0 radical (unpaired) electrons. The van der Waals surface area contributed by atoms with E-state index in [0.29, 0.717) is 6.04 Å². The predicted octanol–water partition coefficient (Wildman–Crippen LogP) is 4.83. The van der Waals surface area contributed by atoms with Gasteiger partial charge in [0, 0.05) is 16.2 Å². The molecule has 1 aromatic carbocycles. The van der Waals surface area contributed by atoms with Gasteiger partial charge in [-0.15, -0.1) is 0 Å². The van der Waals surface area contributed by atoms with Crippen LogP contribution in [0.25, 0.3) is 0 Å². The molecule has 1 saturated carbocycles. The third kappa shape index (κ3) is 3.24. The number of anilines is 1. The highest BCUT2D eigenvalue weighted by molar-refractivity contribution is 9.10. The zero-order valence-corrected chi connectivity index (χ0v) is 11.5. The summed E-state index contributed by atoms with van der Waals surface area (Å²) in [5.74, 6) is 0.908. The van der Waals surface area contributed by atoms with Crippen molar-refractivity contribution >= 4 is 21.6 Å². The van der Waals surface area contributed by atoms with Gasteiger partial charge in [0.05, 0.1) is 0 Å². The van der Waals surface area contributed by atoms with Crippen LogP contribution in [0, 0.1) is 5.92 Å². The summed E-state index contributed by atoms with van der Waals surface area (Å²) in [7, 11) is 0. The average Bonchev–Trinajstić information content (AvgIpc) is 2.47. The summed E-state index contributed by atoms with van der Waals surface area (Å²) in [6.45, 7) is 2.38. The molecule has 0 amide bonds. The molecule has 1 aromatic rings. The summed E-state index contributed by atoms with van der Waals surface area (Å²) in [4.78, 5) is 0. The zero-order valence-electron chi connectivity index (χ0n) is 9.88. The van der Waals surface area contributed by atoms with E-state index < -0.39 is 0 Å². The summed E-state index contributed by atoms with van der Waals surface area (Å²) < 4.78 is 1.17. The van der Waals surface area contributed by atoms with Crippen molar-refractivity contribution in [3.05, 3.63) is 28.7 Å². The van der Waals surface area contributed by atoms with Crippen molar-refractivity contribution in [1.29, 1.82) is 0 Å². The van der Waals surface area contributed by atoms with Gasteiger partial charge in [-0.05, 0) is 53.2 Å². The number of hydrogen-bond acceptors (Lipinski definition) is 1. The Labute approximate surface area is 107 Å². The molecule has 88 valence electrons. The highest BCUT2D eigenvalue weighted by Gasteiger charge is 2.16. The lowest BCUT2D eigenvalue weighted by molar-refractivity contribution is 0.502. The van der Waals surface area contributed by atoms with Gasteiger partial charge < -0.3 is 5.32 Å². The second kappa shape index (κ2) is 5.72. The smallest absolute Gasteiger partial charge is 0.0486 e. The van der Waals surface area contributed by atoms with Crippen molar-refractivity contribution < 1.29 is 0 Å². The van der Waals surface area contributed by atoms with Gasteiger partial charge in [-0.25, -0.2) is 0 Å². The van der Waals surface area contributed by atoms with Gasteiger partial charge in [0.25, 0.3) is 0 Å². The van der Waals surface area contributed by atoms with E-state index in [1.807, 2.05) is 0 Å². The molecular formula is C14H20BrN. The van der Waals surface area contributed by atoms with E-state index in [1.165, 1.54) is 42.3 Å². The van der Waals surface area contributed by atoms with E-state index in [4.69, 9.17) is 0 Å². The Morgan fingerprint density at radius 1 is 1.12 bits per heavy atom. The third-order valence-electron chi connectivity index (χ3n) is 3.49. The molecule has 2 heteroatoms. The fourth-order valence-electron chi connectivity index (χ4n) is 2.43. The molecule has 1 aliphatic rings. The first-order valence-electron chi connectivity index (χ1n) is 6.27. The molecule has 2 rings (SSSR count). The van der Waals surface area contributed by atoms with Crippen LogP contribution in [0.3, 0.4) is 0 Å². The predicted molar refractivity (Wildman–Crippen MR) is 73.8 cm³/mol. The molecule has 2 atom stereocenters. The van der Waals surface area contributed by atoms with E-state index in [0.717, 1.165) is 5.92 Å². The number of para-hydroxylation sites is 1. The Morgan fingerprint density at radius 2 is 1.94 bits per heavy atom. The van der Waals surface area contributed by atoms with Crippen molar-refractivity contribution in [2.24, 2.45) is 5.92 Å². The van der Waals surface area contributed by atoms with Crippen molar-refractivity contribution in [1.82, 2.24) is 0 Å². The molecule has 0 spiro atoms. The maximum absolute atomic E-state index is 3.66. The maximum atomic E-state index is 3.66. The zero-order chi connectivity index (χ0) is 11.4. The van der Waals surface area contributed by atoms with Crippen LogP contribution in [0.2, 0.25) is 0 Å². The van der Waals surface area contributed by atoms with Gasteiger partial charge in [-0.1, -0.05) is 31.9 Å². The van der Waals surface area contributed by atoms with E-state index in [1.54, 1.807) is 0 Å². The minimum atomic E-state index is 0.656. The largest absolute Gasteiger partial charge is 0.381 e. The first-order chi connectivity index (χ1) is 7.75. The molecular weight excluding hydrogens is 262 g/mol. The van der Waals surface area contributed by atoms with Crippen molar-refractivity contribution in [2.45, 2.75) is 45.1 Å². The first-order valence-corrected chi connectivity index (χ1v) is 7.06. The molecule has 0 saturated heterocycles. The monoisotopic (exact) mass is 281 g/mol. The van der Waals surface area contributed by atoms with Crippen LogP contribution in [-0.4, -0.2) is 6.04 Å². The van der Waals surface area contributed by atoms with Gasteiger partial charge in [0.1, 0.15) is 0 Å². The highest BCUT2D eigenvalue weighted by atomic mass is 79.9. The normalized spacial score (nSPS) is 26.1. The molecule has 2 unspecified atom stereocenters. The third-order valence-corrected chi connectivity index (χ3v) is 4.18. The second-order valence-corrected chi connectivity index (χ2v) is 5.79. The summed E-state index contributed by atoms with van der Waals surface area (Å²) in [6.07, 6.45) is 6.74. The number of rotatable bonds is 2. The molecule has 16 heavy (non-hydrogen) atoms. The van der Waals surface area contributed by atoms with Crippen LogP contribution in [0.15, 0.2) is 28.7 Å². The van der Waals surface area contributed by atoms with Crippen LogP contribution in [0.1, 0.15) is 39.0 Å². The standard InChI is InChI=1S/C14H20BrN/c1-11-5-4-6-12(10-9-11)16-14-8-3-2-7-13(14)15/h2-3,7-8,11-12,16H,4-6,9-10H2,1H3. The van der Waals surface area contributed by atoms with Crippen LogP contribution in [0.5, 0.6) is 0 Å². The lowest BCUT2D eigenvalue weighted by Gasteiger charge is -2.18. The minimum absolute atomic E-state index is 0.656. The molecule has 0 aliphatic heterocycles. The highest BCUT2D eigenvalue weighted by Crippen LogP contribution is 2.28. The molecule has 0 aromatic heterocycles. The summed E-state index contributed by atoms with van der Waals surface area (Å²) in [6, 6.07) is 9.06. The Morgan fingerprint density at radius 3 is 2.75 bits per heavy atom. The molecule has 1 aliphatic carbocycles. The van der Waals surface area contributed by atoms with Crippen molar-refractivity contribution in [3.63, 3.8) is 0 Å². The quantitative estimate of drug-likeness (QED) is 0.766. The number of halogens is 1. The first kappa shape index (κ1) is 12.0. The second-order valence-electron chi connectivity index (χ2n) is 4.93. The van der Waals surface area contributed by atoms with E-state index in [2.05, 4.69) is 52.4 Å². The molecule has 1 N–H and O–H groups in total. The van der Waals surface area contributed by atoms with Crippen molar-refractivity contribution in [3.8, 4) is 0 Å². The topological polar surface area (TPSA) is 12.0 Å². The summed E-state index contributed by atoms with van der Waals surface area (Å²) in [5.41, 5.74) is 1.24. The SMILES string of the molecule is CC1CCCC(Nc2ccccc2Br)CC1. The van der Waals surface area contributed by atoms with Gasteiger partial charge in [0.2, 0.25) is 0 Å². The van der Waals surface area contributed by atoms with Gasteiger partial charge in [0.15, 0.2) is 0 Å². The van der Waals surface area contributed by atoms with Gasteiger partial charge >= 0.3 is 0 Å². The number of nitrogens with one attached hydrogen (secondary N) is 1. The van der Waals surface area contributed by atoms with Crippen LogP contribution in [0.4, 0.5) is 5.69 Å². The Bertz CT molecular complexity index is 337. The van der Waals surface area contributed by atoms with Crippen LogP contribution < -0.4 is 5.32 Å². The average molecular weight is 282 g/mol. The van der Waals surface area contributed by atoms with Gasteiger partial charge in [-0.3, -0.25) is 0 Å². The Balaban J connectivity index is 1.96. The molecule has 0 heterocycles. The lowest BCUT2D eigenvalue weighted by atomic mass is 10.0. The van der Waals surface area contributed by atoms with Gasteiger partial charge in [-0.2, -0.15) is 0 Å². The number of hydrogen-bond donors (Lipinski definition) is 1. The fourth-order valence-corrected chi connectivity index (χ4v) is 2.83.